The minimum absolute atomic E-state index is 0.00306. The number of benzene rings is 2. The first-order valence-corrected chi connectivity index (χ1v) is 7.22. The minimum atomic E-state index is -0.280. The largest absolute Gasteiger partial charge is 0.375 e. The van der Waals surface area contributed by atoms with Gasteiger partial charge in [0.1, 0.15) is 5.82 Å². The molecule has 2 aromatic rings. The number of halogens is 2. The summed E-state index contributed by atoms with van der Waals surface area (Å²) in [4.78, 5) is 0. The molecule has 4 heteroatoms. The zero-order valence-electron chi connectivity index (χ0n) is 12.1. The molecule has 0 spiro atoms. The summed E-state index contributed by atoms with van der Waals surface area (Å²) in [7, 11) is 3.54. The summed E-state index contributed by atoms with van der Waals surface area (Å²) in [6.45, 7) is 0. The van der Waals surface area contributed by atoms with Gasteiger partial charge < -0.3 is 10.1 Å². The Labute approximate surface area is 129 Å². The molecule has 0 aromatic heterocycles. The summed E-state index contributed by atoms with van der Waals surface area (Å²) in [6, 6.07) is 14.4. The Balaban J connectivity index is 2.24. The molecular formula is C17H19ClFNO. The van der Waals surface area contributed by atoms with Gasteiger partial charge in [-0.25, -0.2) is 4.39 Å². The molecule has 0 heterocycles. The van der Waals surface area contributed by atoms with E-state index in [1.165, 1.54) is 12.1 Å². The fourth-order valence-corrected chi connectivity index (χ4v) is 2.67. The van der Waals surface area contributed by atoms with E-state index >= 15 is 0 Å². The van der Waals surface area contributed by atoms with Crippen molar-refractivity contribution in [3.05, 3.63) is 70.5 Å². The van der Waals surface area contributed by atoms with Crippen LogP contribution in [0.2, 0.25) is 5.02 Å². The number of hydrogen-bond donors (Lipinski definition) is 1. The van der Waals surface area contributed by atoms with Crippen molar-refractivity contribution in [1.82, 2.24) is 5.32 Å². The first kappa shape index (κ1) is 16.0. The number of ether oxygens (including phenoxy) is 1. The highest BCUT2D eigenvalue weighted by Crippen LogP contribution is 2.26. The summed E-state index contributed by atoms with van der Waals surface area (Å²) >= 11 is 6.16. The molecule has 0 fully saturated rings. The lowest BCUT2D eigenvalue weighted by molar-refractivity contribution is 0.0704. The van der Waals surface area contributed by atoms with Crippen molar-refractivity contribution in [2.24, 2.45) is 0 Å². The molecule has 0 amide bonds. The molecular weight excluding hydrogens is 289 g/mol. The van der Waals surface area contributed by atoms with Crippen molar-refractivity contribution in [1.29, 1.82) is 0 Å². The van der Waals surface area contributed by atoms with E-state index in [9.17, 15) is 4.39 Å². The summed E-state index contributed by atoms with van der Waals surface area (Å²) in [5, 5.41) is 3.81. The third-order valence-electron chi connectivity index (χ3n) is 3.57. The average Bonchev–Trinajstić information content (AvgIpc) is 2.51. The molecule has 112 valence electrons. The summed E-state index contributed by atoms with van der Waals surface area (Å²) in [6.07, 6.45) is 0.455. The third-order valence-corrected chi connectivity index (χ3v) is 3.93. The predicted octanol–water partition coefficient (Wildman–Crippen LogP) is 4.00. The first-order chi connectivity index (χ1) is 10.2. The van der Waals surface area contributed by atoms with Gasteiger partial charge in [-0.15, -0.1) is 0 Å². The maximum Gasteiger partial charge on any atom is 0.123 e. The van der Waals surface area contributed by atoms with Crippen LogP contribution in [0.1, 0.15) is 17.2 Å². The van der Waals surface area contributed by atoms with Crippen LogP contribution in [0.15, 0.2) is 48.5 Å². The maximum atomic E-state index is 13.4. The quantitative estimate of drug-likeness (QED) is 0.871. The molecule has 2 nitrogen and oxygen atoms in total. The molecule has 2 aromatic carbocycles. The van der Waals surface area contributed by atoms with Crippen LogP contribution in [0, 0.1) is 5.82 Å². The molecule has 0 saturated heterocycles. The zero-order valence-corrected chi connectivity index (χ0v) is 12.9. The summed E-state index contributed by atoms with van der Waals surface area (Å²) < 4.78 is 19.0. The van der Waals surface area contributed by atoms with Crippen molar-refractivity contribution < 1.29 is 9.13 Å². The lowest BCUT2D eigenvalue weighted by atomic mass is 9.96. The number of rotatable bonds is 6. The molecule has 2 rings (SSSR count). The molecule has 21 heavy (non-hydrogen) atoms. The zero-order chi connectivity index (χ0) is 15.2. The van der Waals surface area contributed by atoms with Crippen LogP contribution in [0.3, 0.4) is 0 Å². The van der Waals surface area contributed by atoms with E-state index in [1.807, 2.05) is 37.4 Å². The van der Waals surface area contributed by atoms with E-state index in [0.717, 1.165) is 11.1 Å². The number of likely N-dealkylation sites (N-methyl/N-ethyl adjacent to an activating group) is 1. The van der Waals surface area contributed by atoms with Gasteiger partial charge in [0, 0.05) is 18.2 Å². The van der Waals surface area contributed by atoms with Gasteiger partial charge in [0.2, 0.25) is 0 Å². The molecule has 0 radical (unpaired) electrons. The van der Waals surface area contributed by atoms with Gasteiger partial charge in [0.15, 0.2) is 0 Å². The van der Waals surface area contributed by atoms with Crippen molar-refractivity contribution >= 4 is 11.6 Å². The standard InChI is InChI=1S/C17H19ClFNO/c1-20-16(11-13-10-14(19)8-9-15(13)18)17(21-2)12-6-4-3-5-7-12/h3-10,16-17,20H,11H2,1-2H3. The van der Waals surface area contributed by atoms with E-state index in [4.69, 9.17) is 16.3 Å². The Morgan fingerprint density at radius 1 is 1.19 bits per heavy atom. The molecule has 0 aliphatic heterocycles. The van der Waals surface area contributed by atoms with Crippen molar-refractivity contribution in [3.63, 3.8) is 0 Å². The monoisotopic (exact) mass is 307 g/mol. The van der Waals surface area contributed by atoms with Crippen molar-refractivity contribution in [3.8, 4) is 0 Å². The molecule has 2 unspecified atom stereocenters. The van der Waals surface area contributed by atoms with Gasteiger partial charge in [0.25, 0.3) is 0 Å². The highest BCUT2D eigenvalue weighted by molar-refractivity contribution is 6.31. The van der Waals surface area contributed by atoms with Gasteiger partial charge in [-0.1, -0.05) is 41.9 Å². The van der Waals surface area contributed by atoms with Crippen LogP contribution in [-0.2, 0) is 11.2 Å². The second kappa shape index (κ2) is 7.55. The van der Waals surface area contributed by atoms with Gasteiger partial charge in [0.05, 0.1) is 6.10 Å². The van der Waals surface area contributed by atoms with E-state index in [-0.39, 0.29) is 18.0 Å². The van der Waals surface area contributed by atoms with Gasteiger partial charge in [-0.05, 0) is 42.8 Å². The summed E-state index contributed by atoms with van der Waals surface area (Å²) in [5.41, 5.74) is 1.85. The Morgan fingerprint density at radius 2 is 1.90 bits per heavy atom. The van der Waals surface area contributed by atoms with Crippen LogP contribution in [0.4, 0.5) is 4.39 Å². The van der Waals surface area contributed by atoms with Crippen LogP contribution in [-0.4, -0.2) is 20.2 Å². The predicted molar refractivity (Wildman–Crippen MR) is 84.2 cm³/mol. The topological polar surface area (TPSA) is 21.3 Å². The SMILES string of the molecule is CNC(Cc1cc(F)ccc1Cl)C(OC)c1ccccc1. The number of methoxy groups -OCH3 is 1. The summed E-state index contributed by atoms with van der Waals surface area (Å²) in [5.74, 6) is -0.280. The highest BCUT2D eigenvalue weighted by atomic mass is 35.5. The molecule has 1 N–H and O–H groups in total. The molecule has 2 atom stereocenters. The molecule has 0 aliphatic rings. The Hall–Kier alpha value is -1.42. The van der Waals surface area contributed by atoms with E-state index in [1.54, 1.807) is 13.2 Å². The fraction of sp³-hybridized carbons (Fsp3) is 0.294. The van der Waals surface area contributed by atoms with Gasteiger partial charge in [-0.2, -0.15) is 0 Å². The Morgan fingerprint density at radius 3 is 2.52 bits per heavy atom. The lowest BCUT2D eigenvalue weighted by Crippen LogP contribution is -2.35. The third kappa shape index (κ3) is 4.03. The van der Waals surface area contributed by atoms with Crippen molar-refractivity contribution in [2.75, 3.05) is 14.2 Å². The van der Waals surface area contributed by atoms with Crippen molar-refractivity contribution in [2.45, 2.75) is 18.6 Å². The smallest absolute Gasteiger partial charge is 0.123 e. The number of nitrogens with one attached hydrogen (secondary N) is 1. The van der Waals surface area contributed by atoms with Gasteiger partial charge in [-0.3, -0.25) is 0 Å². The Bertz CT molecular complexity index is 576. The normalized spacial score (nSPS) is 13.9. The first-order valence-electron chi connectivity index (χ1n) is 6.84. The molecule has 0 saturated carbocycles. The highest BCUT2D eigenvalue weighted by Gasteiger charge is 2.22. The van der Waals surface area contributed by atoms with Crippen LogP contribution in [0.5, 0.6) is 0 Å². The fourth-order valence-electron chi connectivity index (χ4n) is 2.47. The molecule has 0 aliphatic carbocycles. The van der Waals surface area contributed by atoms with Crippen LogP contribution < -0.4 is 5.32 Å². The second-order valence-corrected chi connectivity index (χ2v) is 5.31. The second-order valence-electron chi connectivity index (χ2n) is 4.90. The van der Waals surface area contributed by atoms with E-state index < -0.39 is 0 Å². The molecule has 0 bridgehead atoms. The maximum absolute atomic E-state index is 13.4. The van der Waals surface area contributed by atoms with E-state index in [0.29, 0.717) is 11.4 Å². The minimum Gasteiger partial charge on any atom is -0.375 e. The Kier molecular flexibility index (Phi) is 5.74. The lowest BCUT2D eigenvalue weighted by Gasteiger charge is -2.26. The van der Waals surface area contributed by atoms with Gasteiger partial charge >= 0.3 is 0 Å². The van der Waals surface area contributed by atoms with Crippen LogP contribution in [0.25, 0.3) is 0 Å². The average molecular weight is 308 g/mol. The number of hydrogen-bond acceptors (Lipinski definition) is 2. The van der Waals surface area contributed by atoms with E-state index in [2.05, 4.69) is 5.32 Å². The van der Waals surface area contributed by atoms with Crippen LogP contribution >= 0.6 is 11.6 Å².